The van der Waals surface area contributed by atoms with Gasteiger partial charge in [-0.1, -0.05) is 23.1 Å². The number of thioether (sulfide) groups is 1. The maximum absolute atomic E-state index is 12.0. The molecule has 102 valence electrons. The molecule has 1 atom stereocenters. The Kier molecular flexibility index (Phi) is 6.04. The van der Waals surface area contributed by atoms with Crippen molar-refractivity contribution in [3.63, 3.8) is 0 Å². The van der Waals surface area contributed by atoms with Crippen molar-refractivity contribution in [3.05, 3.63) is 5.51 Å². The highest BCUT2D eigenvalue weighted by Crippen LogP contribution is 2.24. The zero-order valence-corrected chi connectivity index (χ0v) is 12.7. The molecular formula is C11H19N3O2S2. The van der Waals surface area contributed by atoms with Gasteiger partial charge in [0.05, 0.1) is 6.61 Å². The van der Waals surface area contributed by atoms with Crippen LogP contribution in [-0.4, -0.2) is 40.1 Å². The summed E-state index contributed by atoms with van der Waals surface area (Å²) in [5.41, 5.74) is 0.973. The lowest BCUT2D eigenvalue weighted by Crippen LogP contribution is -2.55. The minimum absolute atomic E-state index is 0.203. The number of hydrogen-bond donors (Lipinski definition) is 1. The molecule has 0 fully saturated rings. The largest absolute Gasteiger partial charge is 0.465 e. The van der Waals surface area contributed by atoms with E-state index in [9.17, 15) is 4.79 Å². The third-order valence-electron chi connectivity index (χ3n) is 2.16. The number of esters is 1. The number of ether oxygens (including phenoxy) is 1. The van der Waals surface area contributed by atoms with Crippen LogP contribution in [0.3, 0.4) is 0 Å². The fourth-order valence-corrected chi connectivity index (χ4v) is 3.09. The molecule has 0 saturated carbocycles. The molecule has 1 aromatic heterocycles. The Bertz CT molecular complexity index is 370. The van der Waals surface area contributed by atoms with Crippen LogP contribution >= 0.6 is 23.1 Å². The second-order valence-corrected chi connectivity index (χ2v) is 6.40. The van der Waals surface area contributed by atoms with Crippen molar-refractivity contribution in [1.29, 1.82) is 0 Å². The van der Waals surface area contributed by atoms with Crippen LogP contribution in [0.4, 0.5) is 0 Å². The predicted octanol–water partition coefficient (Wildman–Crippen LogP) is 1.95. The third-order valence-corrected chi connectivity index (χ3v) is 4.33. The van der Waals surface area contributed by atoms with Gasteiger partial charge >= 0.3 is 5.97 Å². The first-order valence-corrected chi connectivity index (χ1v) is 7.68. The van der Waals surface area contributed by atoms with Crippen molar-refractivity contribution in [1.82, 2.24) is 15.5 Å². The standard InChI is InChI=1S/C11H19N3O2S2/c1-5-16-9(15)11(4,13-8(2)3)6-17-10-14-12-7-18-10/h7-8,13H,5-6H2,1-4H3. The predicted molar refractivity (Wildman–Crippen MR) is 73.9 cm³/mol. The Morgan fingerprint density at radius 2 is 2.39 bits per heavy atom. The third kappa shape index (κ3) is 4.55. The van der Waals surface area contributed by atoms with Gasteiger partial charge in [0.15, 0.2) is 4.34 Å². The van der Waals surface area contributed by atoms with E-state index in [-0.39, 0.29) is 12.0 Å². The molecule has 0 amide bonds. The average molecular weight is 289 g/mol. The van der Waals surface area contributed by atoms with E-state index in [1.54, 1.807) is 5.51 Å². The van der Waals surface area contributed by atoms with E-state index in [0.29, 0.717) is 12.4 Å². The molecule has 0 aromatic carbocycles. The van der Waals surface area contributed by atoms with E-state index < -0.39 is 5.54 Å². The number of carbonyl (C=O) groups excluding carboxylic acids is 1. The summed E-state index contributed by atoms with van der Waals surface area (Å²) in [7, 11) is 0. The average Bonchev–Trinajstić information content (AvgIpc) is 2.78. The Hall–Kier alpha value is -0.660. The maximum atomic E-state index is 12.0. The van der Waals surface area contributed by atoms with Crippen LogP contribution in [0.15, 0.2) is 9.85 Å². The van der Waals surface area contributed by atoms with E-state index >= 15 is 0 Å². The van der Waals surface area contributed by atoms with Gasteiger partial charge in [-0.25, -0.2) is 0 Å². The Balaban J connectivity index is 2.67. The van der Waals surface area contributed by atoms with Crippen LogP contribution < -0.4 is 5.32 Å². The van der Waals surface area contributed by atoms with Gasteiger partial charge in [-0.2, -0.15) is 0 Å². The zero-order chi connectivity index (χ0) is 13.6. The summed E-state index contributed by atoms with van der Waals surface area (Å²) >= 11 is 2.98. The number of nitrogens with zero attached hydrogens (tertiary/aromatic N) is 2. The molecule has 7 heteroatoms. The van der Waals surface area contributed by atoms with E-state index in [2.05, 4.69) is 15.5 Å². The Labute approximate surface area is 116 Å². The van der Waals surface area contributed by atoms with Crippen LogP contribution in [0.5, 0.6) is 0 Å². The van der Waals surface area contributed by atoms with Gasteiger partial charge < -0.3 is 4.74 Å². The zero-order valence-electron chi connectivity index (χ0n) is 11.1. The normalized spacial score (nSPS) is 14.5. The second-order valence-electron chi connectivity index (χ2n) is 4.34. The van der Waals surface area contributed by atoms with Crippen molar-refractivity contribution >= 4 is 29.1 Å². The lowest BCUT2D eigenvalue weighted by molar-refractivity contribution is -0.149. The van der Waals surface area contributed by atoms with Gasteiger partial charge in [0.2, 0.25) is 0 Å². The summed E-state index contributed by atoms with van der Waals surface area (Å²) in [5, 5.41) is 11.0. The molecule has 0 aliphatic rings. The number of rotatable bonds is 7. The van der Waals surface area contributed by atoms with E-state index in [0.717, 1.165) is 4.34 Å². The summed E-state index contributed by atoms with van der Waals surface area (Å²) in [6, 6.07) is 0.203. The summed E-state index contributed by atoms with van der Waals surface area (Å²) < 4.78 is 5.99. The Morgan fingerprint density at radius 3 is 2.89 bits per heavy atom. The molecule has 1 rings (SSSR count). The van der Waals surface area contributed by atoms with E-state index in [1.807, 2.05) is 27.7 Å². The maximum Gasteiger partial charge on any atom is 0.326 e. The van der Waals surface area contributed by atoms with E-state index in [4.69, 9.17) is 4.74 Å². The monoisotopic (exact) mass is 289 g/mol. The highest BCUT2D eigenvalue weighted by molar-refractivity contribution is 8.01. The molecule has 5 nitrogen and oxygen atoms in total. The molecule has 1 aromatic rings. The summed E-state index contributed by atoms with van der Waals surface area (Å²) in [5.74, 6) is 0.342. The van der Waals surface area contributed by atoms with Crippen molar-refractivity contribution in [2.24, 2.45) is 0 Å². The molecule has 1 heterocycles. The SMILES string of the molecule is CCOC(=O)C(C)(CSc1nncs1)NC(C)C. The van der Waals surface area contributed by atoms with Gasteiger partial charge in [-0.15, -0.1) is 10.2 Å². The minimum Gasteiger partial charge on any atom is -0.465 e. The van der Waals surface area contributed by atoms with Crippen LogP contribution in [-0.2, 0) is 9.53 Å². The van der Waals surface area contributed by atoms with Crippen molar-refractivity contribution in [3.8, 4) is 0 Å². The topological polar surface area (TPSA) is 64.1 Å². The highest BCUT2D eigenvalue weighted by atomic mass is 32.2. The summed E-state index contributed by atoms with van der Waals surface area (Å²) in [6.45, 7) is 8.07. The number of aromatic nitrogens is 2. The molecule has 18 heavy (non-hydrogen) atoms. The van der Waals surface area contributed by atoms with E-state index in [1.165, 1.54) is 23.1 Å². The van der Waals surface area contributed by atoms with Crippen molar-refractivity contribution in [2.45, 2.75) is 43.6 Å². The van der Waals surface area contributed by atoms with Crippen LogP contribution in [0.2, 0.25) is 0 Å². The van der Waals surface area contributed by atoms with Crippen LogP contribution in [0.25, 0.3) is 0 Å². The molecule has 0 aliphatic carbocycles. The summed E-state index contributed by atoms with van der Waals surface area (Å²) in [6.07, 6.45) is 0. The van der Waals surface area contributed by atoms with Gasteiger partial charge in [-0.05, 0) is 27.7 Å². The smallest absolute Gasteiger partial charge is 0.326 e. The highest BCUT2D eigenvalue weighted by Gasteiger charge is 2.35. The fraction of sp³-hybridized carbons (Fsp3) is 0.727. The lowest BCUT2D eigenvalue weighted by Gasteiger charge is -2.29. The molecule has 0 saturated heterocycles. The van der Waals surface area contributed by atoms with Gasteiger partial charge in [0.1, 0.15) is 11.0 Å². The molecule has 0 bridgehead atoms. The second kappa shape index (κ2) is 7.06. The van der Waals surface area contributed by atoms with Gasteiger partial charge in [0, 0.05) is 11.8 Å². The summed E-state index contributed by atoms with van der Waals surface area (Å²) in [4.78, 5) is 12.0. The molecule has 0 aliphatic heterocycles. The van der Waals surface area contributed by atoms with Crippen LogP contribution in [0.1, 0.15) is 27.7 Å². The molecule has 1 N–H and O–H groups in total. The first kappa shape index (κ1) is 15.4. The lowest BCUT2D eigenvalue weighted by atomic mass is 10.0. The first-order valence-electron chi connectivity index (χ1n) is 5.82. The Morgan fingerprint density at radius 1 is 1.67 bits per heavy atom. The number of nitrogens with one attached hydrogen (secondary N) is 1. The number of carbonyl (C=O) groups is 1. The molecule has 1 unspecified atom stereocenters. The fourth-order valence-electron chi connectivity index (χ4n) is 1.52. The molecule has 0 spiro atoms. The minimum atomic E-state index is -0.708. The van der Waals surface area contributed by atoms with Gasteiger partial charge in [0.25, 0.3) is 0 Å². The number of hydrogen-bond acceptors (Lipinski definition) is 7. The van der Waals surface area contributed by atoms with Crippen LogP contribution in [0, 0.1) is 0 Å². The van der Waals surface area contributed by atoms with Gasteiger partial charge in [-0.3, -0.25) is 10.1 Å². The quantitative estimate of drug-likeness (QED) is 0.611. The molecule has 0 radical (unpaired) electrons. The van der Waals surface area contributed by atoms with Crippen molar-refractivity contribution < 1.29 is 9.53 Å². The first-order chi connectivity index (χ1) is 8.48. The molecular weight excluding hydrogens is 270 g/mol. The van der Waals surface area contributed by atoms with Crippen molar-refractivity contribution in [2.75, 3.05) is 12.4 Å².